The number of nitrogens with one attached hydrogen (secondary N) is 1. The highest BCUT2D eigenvalue weighted by Gasteiger charge is 2.08. The van der Waals surface area contributed by atoms with E-state index in [1.165, 1.54) is 0 Å². The van der Waals surface area contributed by atoms with Gasteiger partial charge in [-0.05, 0) is 32.0 Å². The van der Waals surface area contributed by atoms with Crippen molar-refractivity contribution in [3.8, 4) is 6.07 Å². The van der Waals surface area contributed by atoms with Crippen molar-refractivity contribution in [3.63, 3.8) is 0 Å². The standard InChI is InChI=1S/C16H15N5/c1-11-7-15(14(8-17)12(2)19-11)18-9-13-10-21-6-4-3-5-16(21)20-13/h3-7,10H,9H2,1-2H3,(H,18,19). The normalized spacial score (nSPS) is 10.5. The van der Waals surface area contributed by atoms with Crippen LogP contribution in [0.1, 0.15) is 22.6 Å². The van der Waals surface area contributed by atoms with Crippen molar-refractivity contribution >= 4 is 11.3 Å². The summed E-state index contributed by atoms with van der Waals surface area (Å²) in [6.07, 6.45) is 3.95. The zero-order valence-corrected chi connectivity index (χ0v) is 12.0. The first-order valence-electron chi connectivity index (χ1n) is 6.72. The second kappa shape index (κ2) is 5.25. The van der Waals surface area contributed by atoms with E-state index >= 15 is 0 Å². The van der Waals surface area contributed by atoms with Gasteiger partial charge in [0, 0.05) is 18.1 Å². The minimum atomic E-state index is 0.569. The molecule has 0 aliphatic carbocycles. The molecule has 0 aliphatic rings. The van der Waals surface area contributed by atoms with Gasteiger partial charge in [0.15, 0.2) is 0 Å². The van der Waals surface area contributed by atoms with Gasteiger partial charge in [-0.3, -0.25) is 4.98 Å². The lowest BCUT2D eigenvalue weighted by atomic mass is 10.1. The molecule has 0 fully saturated rings. The summed E-state index contributed by atoms with van der Waals surface area (Å²) in [6.45, 7) is 4.34. The second-order valence-electron chi connectivity index (χ2n) is 4.94. The van der Waals surface area contributed by atoms with Gasteiger partial charge < -0.3 is 9.72 Å². The summed E-state index contributed by atoms with van der Waals surface area (Å²) in [4.78, 5) is 8.84. The summed E-state index contributed by atoms with van der Waals surface area (Å²) in [5.74, 6) is 0. The van der Waals surface area contributed by atoms with Gasteiger partial charge in [0.1, 0.15) is 11.7 Å². The Kier molecular flexibility index (Phi) is 3.28. The van der Waals surface area contributed by atoms with Crippen LogP contribution in [-0.2, 0) is 6.54 Å². The monoisotopic (exact) mass is 277 g/mol. The first-order chi connectivity index (χ1) is 10.2. The zero-order chi connectivity index (χ0) is 14.8. The molecule has 0 bridgehead atoms. The summed E-state index contributed by atoms with van der Waals surface area (Å²) in [6, 6.07) is 9.99. The average Bonchev–Trinajstić information content (AvgIpc) is 2.87. The lowest BCUT2D eigenvalue weighted by Crippen LogP contribution is -2.04. The molecular weight excluding hydrogens is 262 g/mol. The Labute approximate surface area is 122 Å². The third-order valence-corrected chi connectivity index (χ3v) is 3.31. The van der Waals surface area contributed by atoms with E-state index in [1.807, 2.05) is 54.9 Å². The van der Waals surface area contributed by atoms with E-state index in [9.17, 15) is 5.26 Å². The fourth-order valence-electron chi connectivity index (χ4n) is 2.37. The number of aryl methyl sites for hydroxylation is 2. The molecule has 0 saturated heterocycles. The van der Waals surface area contributed by atoms with Crippen molar-refractivity contribution in [1.82, 2.24) is 14.4 Å². The maximum atomic E-state index is 9.25. The number of rotatable bonds is 3. The van der Waals surface area contributed by atoms with E-state index in [1.54, 1.807) is 0 Å². The van der Waals surface area contributed by atoms with Crippen LogP contribution in [0, 0.1) is 25.2 Å². The number of imidazole rings is 1. The van der Waals surface area contributed by atoms with Crippen LogP contribution < -0.4 is 5.32 Å². The maximum Gasteiger partial charge on any atom is 0.137 e. The molecule has 1 N–H and O–H groups in total. The summed E-state index contributed by atoms with van der Waals surface area (Å²) in [5, 5.41) is 12.5. The van der Waals surface area contributed by atoms with Crippen LogP contribution in [0.15, 0.2) is 36.7 Å². The molecule has 0 radical (unpaired) electrons. The van der Waals surface area contributed by atoms with Gasteiger partial charge in [-0.1, -0.05) is 6.07 Å². The fourth-order valence-corrected chi connectivity index (χ4v) is 2.37. The Hall–Kier alpha value is -2.87. The Morgan fingerprint density at radius 3 is 2.90 bits per heavy atom. The van der Waals surface area contributed by atoms with E-state index in [0.717, 1.165) is 28.4 Å². The van der Waals surface area contributed by atoms with Crippen molar-refractivity contribution in [2.45, 2.75) is 20.4 Å². The van der Waals surface area contributed by atoms with Gasteiger partial charge in [0.05, 0.1) is 29.2 Å². The Bertz CT molecular complexity index is 808. The third-order valence-electron chi connectivity index (χ3n) is 3.31. The van der Waals surface area contributed by atoms with Crippen LogP contribution in [0.4, 0.5) is 5.69 Å². The molecule has 3 aromatic rings. The van der Waals surface area contributed by atoms with E-state index in [0.29, 0.717) is 12.1 Å². The quantitative estimate of drug-likeness (QED) is 0.799. The molecule has 3 rings (SSSR count). The van der Waals surface area contributed by atoms with Crippen molar-refractivity contribution in [2.24, 2.45) is 0 Å². The van der Waals surface area contributed by atoms with Gasteiger partial charge in [-0.25, -0.2) is 4.98 Å². The number of nitrogens with zero attached hydrogens (tertiary/aromatic N) is 4. The van der Waals surface area contributed by atoms with Crippen molar-refractivity contribution in [3.05, 3.63) is 59.3 Å². The highest BCUT2D eigenvalue weighted by molar-refractivity contribution is 5.60. The van der Waals surface area contributed by atoms with Gasteiger partial charge in [-0.2, -0.15) is 5.26 Å². The fraction of sp³-hybridized carbons (Fsp3) is 0.188. The van der Waals surface area contributed by atoms with Crippen LogP contribution in [0.2, 0.25) is 0 Å². The molecule has 0 aromatic carbocycles. The Balaban J connectivity index is 1.86. The zero-order valence-electron chi connectivity index (χ0n) is 12.0. The molecule has 3 aromatic heterocycles. The summed E-state index contributed by atoms with van der Waals surface area (Å²) < 4.78 is 1.98. The lowest BCUT2D eigenvalue weighted by Gasteiger charge is -2.09. The average molecular weight is 277 g/mol. The van der Waals surface area contributed by atoms with Gasteiger partial charge >= 0.3 is 0 Å². The number of fused-ring (bicyclic) bond motifs is 1. The highest BCUT2D eigenvalue weighted by Crippen LogP contribution is 2.19. The Morgan fingerprint density at radius 1 is 1.29 bits per heavy atom. The molecular formula is C16H15N5. The number of nitriles is 1. The molecule has 0 amide bonds. The summed E-state index contributed by atoms with van der Waals surface area (Å²) in [5.41, 5.74) is 4.87. The predicted octanol–water partition coefficient (Wildman–Crippen LogP) is 2.83. The van der Waals surface area contributed by atoms with Crippen LogP contribution in [0.25, 0.3) is 5.65 Å². The van der Waals surface area contributed by atoms with Gasteiger partial charge in [0.2, 0.25) is 0 Å². The van der Waals surface area contributed by atoms with E-state index < -0.39 is 0 Å². The van der Waals surface area contributed by atoms with Crippen molar-refractivity contribution in [2.75, 3.05) is 5.32 Å². The van der Waals surface area contributed by atoms with Gasteiger partial charge in [-0.15, -0.1) is 0 Å². The number of hydrogen-bond acceptors (Lipinski definition) is 4. The van der Waals surface area contributed by atoms with Crippen molar-refractivity contribution < 1.29 is 0 Å². The molecule has 5 nitrogen and oxygen atoms in total. The van der Waals surface area contributed by atoms with Crippen LogP contribution in [0.5, 0.6) is 0 Å². The highest BCUT2D eigenvalue weighted by atomic mass is 15.0. The van der Waals surface area contributed by atoms with E-state index in [2.05, 4.69) is 21.4 Å². The molecule has 0 aliphatic heterocycles. The molecule has 5 heteroatoms. The number of pyridine rings is 2. The molecule has 104 valence electrons. The van der Waals surface area contributed by atoms with E-state index in [4.69, 9.17) is 0 Å². The van der Waals surface area contributed by atoms with E-state index in [-0.39, 0.29) is 0 Å². The minimum absolute atomic E-state index is 0.569. The largest absolute Gasteiger partial charge is 0.378 e. The molecule has 0 spiro atoms. The predicted molar refractivity (Wildman–Crippen MR) is 80.9 cm³/mol. The maximum absolute atomic E-state index is 9.25. The minimum Gasteiger partial charge on any atom is -0.378 e. The smallest absolute Gasteiger partial charge is 0.137 e. The SMILES string of the molecule is Cc1cc(NCc2cn3ccccc3n2)c(C#N)c(C)n1. The molecule has 0 saturated carbocycles. The molecule has 0 atom stereocenters. The van der Waals surface area contributed by atoms with Crippen LogP contribution >= 0.6 is 0 Å². The number of anilines is 1. The number of aromatic nitrogens is 3. The van der Waals surface area contributed by atoms with Gasteiger partial charge in [0.25, 0.3) is 0 Å². The first kappa shape index (κ1) is 13.1. The summed E-state index contributed by atoms with van der Waals surface area (Å²) >= 11 is 0. The van der Waals surface area contributed by atoms with Crippen molar-refractivity contribution in [1.29, 1.82) is 5.26 Å². The lowest BCUT2D eigenvalue weighted by molar-refractivity contribution is 1.05. The number of hydrogen-bond donors (Lipinski definition) is 1. The topological polar surface area (TPSA) is 66.0 Å². The molecule has 21 heavy (non-hydrogen) atoms. The Morgan fingerprint density at radius 2 is 2.14 bits per heavy atom. The first-order valence-corrected chi connectivity index (χ1v) is 6.72. The van der Waals surface area contributed by atoms with Crippen LogP contribution in [0.3, 0.4) is 0 Å². The summed E-state index contributed by atoms with van der Waals surface area (Å²) in [7, 11) is 0. The third kappa shape index (κ3) is 2.56. The molecule has 3 heterocycles. The molecule has 0 unspecified atom stereocenters. The second-order valence-corrected chi connectivity index (χ2v) is 4.94. The van der Waals surface area contributed by atoms with Crippen LogP contribution in [-0.4, -0.2) is 14.4 Å².